The number of alkyl carbamates (subject to hydrolysis) is 1. The molecule has 8 heteroatoms. The van der Waals surface area contributed by atoms with Gasteiger partial charge in [-0.25, -0.2) is 9.59 Å². The molecule has 28 heavy (non-hydrogen) atoms. The molecule has 0 saturated carbocycles. The highest BCUT2D eigenvalue weighted by atomic mass is 16.6. The molecule has 0 aliphatic rings. The normalized spacial score (nSPS) is 13.2. The Morgan fingerprint density at radius 1 is 1.00 bits per heavy atom. The first-order valence-electron chi connectivity index (χ1n) is 8.93. The number of hydrogen-bond donors (Lipinski definition) is 1. The summed E-state index contributed by atoms with van der Waals surface area (Å²) < 4.78 is 20.3. The zero-order valence-corrected chi connectivity index (χ0v) is 17.0. The third-order valence-corrected chi connectivity index (χ3v) is 3.66. The molecule has 1 amide bonds. The lowest BCUT2D eigenvalue weighted by Gasteiger charge is -2.24. The van der Waals surface area contributed by atoms with E-state index in [4.69, 9.17) is 18.9 Å². The van der Waals surface area contributed by atoms with Crippen LogP contribution in [0.3, 0.4) is 0 Å². The first kappa shape index (κ1) is 23.4. The second-order valence-electron chi connectivity index (χ2n) is 7.18. The Hall–Kier alpha value is -2.61. The van der Waals surface area contributed by atoms with Gasteiger partial charge in [-0.15, -0.1) is 0 Å². The average molecular weight is 395 g/mol. The summed E-state index contributed by atoms with van der Waals surface area (Å²) in [5, 5.41) is 2.44. The van der Waals surface area contributed by atoms with Gasteiger partial charge in [0.05, 0.1) is 33.4 Å². The van der Waals surface area contributed by atoms with Gasteiger partial charge in [0.2, 0.25) is 0 Å². The van der Waals surface area contributed by atoms with Crippen LogP contribution in [0.2, 0.25) is 0 Å². The van der Waals surface area contributed by atoms with Crippen LogP contribution in [-0.2, 0) is 35.1 Å². The molecule has 1 N–H and O–H groups in total. The first-order chi connectivity index (χ1) is 13.2. The van der Waals surface area contributed by atoms with Crippen LogP contribution in [0.1, 0.15) is 32.8 Å². The highest BCUT2D eigenvalue weighted by molar-refractivity contribution is 5.82. The molecule has 0 bridgehead atoms. The molecule has 0 aliphatic heterocycles. The van der Waals surface area contributed by atoms with Gasteiger partial charge < -0.3 is 24.3 Å². The van der Waals surface area contributed by atoms with Crippen molar-refractivity contribution < 1.29 is 33.3 Å². The molecule has 1 aromatic carbocycles. The molecule has 0 fully saturated rings. The summed E-state index contributed by atoms with van der Waals surface area (Å²) >= 11 is 0. The van der Waals surface area contributed by atoms with Gasteiger partial charge in [0.1, 0.15) is 11.6 Å². The maximum absolute atomic E-state index is 12.1. The third kappa shape index (κ3) is 8.85. The first-order valence-corrected chi connectivity index (χ1v) is 8.93. The van der Waals surface area contributed by atoms with Crippen LogP contribution in [0, 0.1) is 5.92 Å². The third-order valence-electron chi connectivity index (χ3n) is 3.66. The van der Waals surface area contributed by atoms with Crippen LogP contribution in [0.15, 0.2) is 30.3 Å². The molecule has 0 spiro atoms. The molecule has 0 aliphatic carbocycles. The second-order valence-corrected chi connectivity index (χ2v) is 7.18. The van der Waals surface area contributed by atoms with Crippen LogP contribution in [0.4, 0.5) is 4.79 Å². The smallest absolute Gasteiger partial charge is 0.408 e. The number of carbonyl (C=O) groups is 3. The fourth-order valence-electron chi connectivity index (χ4n) is 2.38. The molecule has 2 atom stereocenters. The Morgan fingerprint density at radius 3 is 2.14 bits per heavy atom. The summed E-state index contributed by atoms with van der Waals surface area (Å²) in [5.74, 6) is -2.01. The van der Waals surface area contributed by atoms with E-state index in [1.54, 1.807) is 20.8 Å². The van der Waals surface area contributed by atoms with E-state index in [2.05, 4.69) is 5.32 Å². The number of nitrogens with one attached hydrogen (secondary N) is 1. The van der Waals surface area contributed by atoms with Gasteiger partial charge >= 0.3 is 18.0 Å². The number of hydrogen-bond acceptors (Lipinski definition) is 7. The van der Waals surface area contributed by atoms with Crippen LogP contribution in [-0.4, -0.2) is 50.5 Å². The molecule has 8 nitrogen and oxygen atoms in total. The van der Waals surface area contributed by atoms with Crippen LogP contribution >= 0.6 is 0 Å². The monoisotopic (exact) mass is 395 g/mol. The van der Waals surface area contributed by atoms with Gasteiger partial charge in [0.15, 0.2) is 0 Å². The summed E-state index contributed by atoms with van der Waals surface area (Å²) in [7, 11) is 2.45. The van der Waals surface area contributed by atoms with E-state index in [9.17, 15) is 14.4 Å². The minimum Gasteiger partial charge on any atom is -0.469 e. The number of rotatable bonds is 9. The average Bonchev–Trinajstić information content (AvgIpc) is 2.64. The SMILES string of the molecule is COC(=O)[C@@H](COCc1ccccc1)C[C@H](NC(=O)OC(C)(C)C)C(=O)OC. The zero-order valence-electron chi connectivity index (χ0n) is 17.0. The quantitative estimate of drug-likeness (QED) is 0.506. The van der Waals surface area contributed by atoms with E-state index < -0.39 is 35.6 Å². The van der Waals surface area contributed by atoms with Gasteiger partial charge in [-0.2, -0.15) is 0 Å². The number of esters is 2. The molecule has 1 rings (SSSR count). The molecule has 0 aromatic heterocycles. The van der Waals surface area contributed by atoms with Crippen LogP contribution < -0.4 is 5.32 Å². The maximum atomic E-state index is 12.1. The Kier molecular flexibility index (Phi) is 9.44. The summed E-state index contributed by atoms with van der Waals surface area (Å²) in [4.78, 5) is 36.2. The number of carbonyl (C=O) groups excluding carboxylic acids is 3. The number of ether oxygens (including phenoxy) is 4. The minimum atomic E-state index is -1.08. The van der Waals surface area contributed by atoms with Crippen molar-refractivity contribution in [2.75, 3.05) is 20.8 Å². The van der Waals surface area contributed by atoms with Gasteiger partial charge in [-0.05, 0) is 32.8 Å². The predicted molar refractivity (Wildman–Crippen MR) is 101 cm³/mol. The van der Waals surface area contributed by atoms with Crippen molar-refractivity contribution in [1.82, 2.24) is 5.32 Å². The molecular formula is C20H29NO7. The van der Waals surface area contributed by atoms with E-state index in [1.165, 1.54) is 14.2 Å². The van der Waals surface area contributed by atoms with Gasteiger partial charge in [-0.3, -0.25) is 4.79 Å². The molecular weight excluding hydrogens is 366 g/mol. The van der Waals surface area contributed by atoms with E-state index in [-0.39, 0.29) is 13.0 Å². The summed E-state index contributed by atoms with van der Waals surface area (Å²) in [6.45, 7) is 5.43. The Balaban J connectivity index is 2.75. The van der Waals surface area contributed by atoms with Crippen LogP contribution in [0.25, 0.3) is 0 Å². The van der Waals surface area contributed by atoms with Crippen molar-refractivity contribution in [3.63, 3.8) is 0 Å². The highest BCUT2D eigenvalue weighted by Crippen LogP contribution is 2.14. The minimum absolute atomic E-state index is 0.0189. The van der Waals surface area contributed by atoms with Gasteiger partial charge in [0, 0.05) is 0 Å². The molecule has 0 heterocycles. The molecule has 0 radical (unpaired) electrons. The van der Waals surface area contributed by atoms with Crippen molar-refractivity contribution in [2.45, 2.75) is 45.4 Å². The van der Waals surface area contributed by atoms with Crippen molar-refractivity contribution >= 4 is 18.0 Å². The Bertz CT molecular complexity index is 640. The molecule has 0 saturated heterocycles. The summed E-state index contributed by atoms with van der Waals surface area (Å²) in [6.07, 6.45) is -0.829. The molecule has 0 unspecified atom stereocenters. The predicted octanol–water partition coefficient (Wildman–Crippen LogP) is 2.45. The molecule has 1 aromatic rings. The largest absolute Gasteiger partial charge is 0.469 e. The topological polar surface area (TPSA) is 100 Å². The Morgan fingerprint density at radius 2 is 1.61 bits per heavy atom. The van der Waals surface area contributed by atoms with E-state index >= 15 is 0 Å². The van der Waals surface area contributed by atoms with Crippen molar-refractivity contribution in [1.29, 1.82) is 0 Å². The fraction of sp³-hybridized carbons (Fsp3) is 0.550. The van der Waals surface area contributed by atoms with E-state index in [1.807, 2.05) is 30.3 Å². The van der Waals surface area contributed by atoms with Gasteiger partial charge in [0.25, 0.3) is 0 Å². The van der Waals surface area contributed by atoms with Crippen molar-refractivity contribution in [2.24, 2.45) is 5.92 Å². The van der Waals surface area contributed by atoms with E-state index in [0.29, 0.717) is 6.61 Å². The lowest BCUT2D eigenvalue weighted by Crippen LogP contribution is -2.46. The highest BCUT2D eigenvalue weighted by Gasteiger charge is 2.31. The second kappa shape index (κ2) is 11.3. The van der Waals surface area contributed by atoms with E-state index in [0.717, 1.165) is 5.56 Å². The van der Waals surface area contributed by atoms with Gasteiger partial charge in [-0.1, -0.05) is 30.3 Å². The lowest BCUT2D eigenvalue weighted by molar-refractivity contribution is -0.150. The summed E-state index contributed by atoms with van der Waals surface area (Å²) in [5.41, 5.74) is 0.216. The fourth-order valence-corrected chi connectivity index (χ4v) is 2.38. The molecule has 156 valence electrons. The lowest BCUT2D eigenvalue weighted by atomic mass is 10.0. The van der Waals surface area contributed by atoms with Crippen LogP contribution in [0.5, 0.6) is 0 Å². The van der Waals surface area contributed by atoms with Crippen molar-refractivity contribution in [3.05, 3.63) is 35.9 Å². The Labute approximate surface area is 165 Å². The van der Waals surface area contributed by atoms with Crippen molar-refractivity contribution in [3.8, 4) is 0 Å². The number of amides is 1. The standard InChI is InChI=1S/C20H29NO7/c1-20(2,3)28-19(24)21-16(18(23)26-5)11-15(17(22)25-4)13-27-12-14-9-7-6-8-10-14/h6-10,15-16H,11-13H2,1-5H3,(H,21,24)/t15-,16+/m1/s1. The number of benzene rings is 1. The maximum Gasteiger partial charge on any atom is 0.408 e. The summed E-state index contributed by atoms with van der Waals surface area (Å²) in [6, 6.07) is 8.38. The zero-order chi connectivity index (χ0) is 21.2. The number of methoxy groups -OCH3 is 2.